The molecular weight excluding hydrogens is 260 g/mol. The van der Waals surface area contributed by atoms with Crippen LogP contribution in [0, 0.1) is 23.2 Å². The zero-order valence-electron chi connectivity index (χ0n) is 11.4. The number of hydrogen-bond donors (Lipinski definition) is 1. The Hall–Kier alpha value is -1.36. The Kier molecular flexibility index (Phi) is 2.38. The van der Waals surface area contributed by atoms with Gasteiger partial charge in [-0.3, -0.25) is 4.79 Å². The molecule has 5 heteroatoms. The van der Waals surface area contributed by atoms with Crippen molar-refractivity contribution in [3.63, 3.8) is 0 Å². The van der Waals surface area contributed by atoms with E-state index in [0.29, 0.717) is 12.0 Å². The van der Waals surface area contributed by atoms with Gasteiger partial charge >= 0.3 is 11.9 Å². The molecular formula is C15H18O5. The Morgan fingerprint density at radius 1 is 1.40 bits per heavy atom. The lowest BCUT2D eigenvalue weighted by Crippen LogP contribution is -2.60. The van der Waals surface area contributed by atoms with E-state index in [1.165, 1.54) is 7.11 Å². The first-order valence-electron chi connectivity index (χ1n) is 7.30. The summed E-state index contributed by atoms with van der Waals surface area (Å²) < 4.78 is 10.3. The maximum atomic E-state index is 12.4. The quantitative estimate of drug-likeness (QED) is 0.719. The number of fused-ring (bicyclic) bond motifs is 2. The van der Waals surface area contributed by atoms with Crippen molar-refractivity contribution in [2.24, 2.45) is 23.2 Å². The largest absolute Gasteiger partial charge is 0.466 e. The number of carbonyl (C=O) groups is 2. The summed E-state index contributed by atoms with van der Waals surface area (Å²) in [5.74, 6) is -0.611. The van der Waals surface area contributed by atoms with Crippen molar-refractivity contribution in [1.29, 1.82) is 0 Å². The molecule has 1 heterocycles. The van der Waals surface area contributed by atoms with Gasteiger partial charge < -0.3 is 14.6 Å². The average Bonchev–Trinajstić information content (AvgIpc) is 2.63. The Labute approximate surface area is 116 Å². The monoisotopic (exact) mass is 278 g/mol. The second-order valence-corrected chi connectivity index (χ2v) is 6.41. The Morgan fingerprint density at radius 2 is 2.20 bits per heavy atom. The number of allylic oxidation sites excluding steroid dienone is 1. The van der Waals surface area contributed by atoms with Gasteiger partial charge in [-0.1, -0.05) is 6.08 Å². The maximum Gasteiger partial charge on any atom is 0.333 e. The van der Waals surface area contributed by atoms with Gasteiger partial charge in [-0.15, -0.1) is 0 Å². The van der Waals surface area contributed by atoms with Crippen LogP contribution in [0.15, 0.2) is 11.6 Å². The third-order valence-electron chi connectivity index (χ3n) is 5.92. The fourth-order valence-corrected chi connectivity index (χ4v) is 5.15. The van der Waals surface area contributed by atoms with Gasteiger partial charge in [-0.2, -0.15) is 0 Å². The normalized spacial score (nSPS) is 48.4. The van der Waals surface area contributed by atoms with E-state index >= 15 is 0 Å². The summed E-state index contributed by atoms with van der Waals surface area (Å²) >= 11 is 0. The van der Waals surface area contributed by atoms with Crippen LogP contribution in [0.3, 0.4) is 0 Å². The van der Waals surface area contributed by atoms with Gasteiger partial charge in [-0.25, -0.2) is 4.79 Å². The summed E-state index contributed by atoms with van der Waals surface area (Å²) in [5.41, 5.74) is -0.103. The minimum Gasteiger partial charge on any atom is -0.466 e. The molecule has 5 nitrogen and oxygen atoms in total. The van der Waals surface area contributed by atoms with Crippen molar-refractivity contribution in [3.8, 4) is 0 Å². The van der Waals surface area contributed by atoms with Crippen LogP contribution in [0.4, 0.5) is 0 Å². The predicted octanol–water partition coefficient (Wildman–Crippen LogP) is 0.808. The number of aliphatic hydroxyl groups excluding tert-OH is 1. The summed E-state index contributed by atoms with van der Waals surface area (Å²) in [6.45, 7) is 0. The number of rotatable bonds is 1. The van der Waals surface area contributed by atoms with Crippen LogP contribution in [0.25, 0.3) is 0 Å². The lowest BCUT2D eigenvalue weighted by molar-refractivity contribution is -0.161. The molecule has 4 bridgehead atoms. The zero-order valence-corrected chi connectivity index (χ0v) is 11.4. The molecule has 0 aromatic carbocycles. The van der Waals surface area contributed by atoms with E-state index in [1.807, 2.05) is 6.08 Å². The van der Waals surface area contributed by atoms with Crippen molar-refractivity contribution >= 4 is 11.9 Å². The highest BCUT2D eigenvalue weighted by molar-refractivity contribution is 5.91. The minimum absolute atomic E-state index is 0.0154. The highest BCUT2D eigenvalue weighted by Gasteiger charge is 2.71. The number of hydrogen-bond acceptors (Lipinski definition) is 5. The SMILES string of the molecule is COC(=O)C1=CC2CCC1C1CCC3OC(=O)C21C3O. The molecule has 1 saturated heterocycles. The van der Waals surface area contributed by atoms with Crippen LogP contribution in [0.1, 0.15) is 25.7 Å². The summed E-state index contributed by atoms with van der Waals surface area (Å²) in [6, 6.07) is 0. The first kappa shape index (κ1) is 12.4. The highest BCUT2D eigenvalue weighted by Crippen LogP contribution is 2.64. The fourth-order valence-electron chi connectivity index (χ4n) is 5.15. The molecule has 0 amide bonds. The topological polar surface area (TPSA) is 72.8 Å². The minimum atomic E-state index is -0.802. The first-order valence-corrected chi connectivity index (χ1v) is 7.30. The van der Waals surface area contributed by atoms with Crippen LogP contribution in [0.2, 0.25) is 0 Å². The first-order chi connectivity index (χ1) is 9.60. The smallest absolute Gasteiger partial charge is 0.333 e. The van der Waals surface area contributed by atoms with Crippen molar-refractivity contribution in [1.82, 2.24) is 0 Å². The molecule has 0 radical (unpaired) electrons. The third-order valence-corrected chi connectivity index (χ3v) is 5.92. The molecule has 2 saturated carbocycles. The summed E-state index contributed by atoms with van der Waals surface area (Å²) in [5, 5.41) is 10.6. The van der Waals surface area contributed by atoms with Crippen molar-refractivity contribution in [2.75, 3.05) is 7.11 Å². The van der Waals surface area contributed by atoms with Crippen molar-refractivity contribution < 1.29 is 24.2 Å². The lowest BCUT2D eigenvalue weighted by atomic mass is 9.46. The molecule has 1 spiro atoms. The molecule has 108 valence electrons. The number of carbonyl (C=O) groups excluding carboxylic acids is 2. The van der Waals surface area contributed by atoms with E-state index < -0.39 is 11.5 Å². The van der Waals surface area contributed by atoms with E-state index in [9.17, 15) is 14.7 Å². The van der Waals surface area contributed by atoms with Gasteiger partial charge in [0.15, 0.2) is 0 Å². The van der Waals surface area contributed by atoms with E-state index in [1.54, 1.807) is 0 Å². The summed E-state index contributed by atoms with van der Waals surface area (Å²) in [6.07, 6.45) is 4.04. The summed E-state index contributed by atoms with van der Waals surface area (Å²) in [7, 11) is 1.39. The second kappa shape index (κ2) is 3.85. The standard InChI is InChI=1S/C15H18O5/c1-19-13(17)9-6-7-2-3-8(9)10-4-5-11-12(16)15(7,10)14(18)20-11/h6-8,10-12,16H,2-5H2,1H3. The molecule has 1 aliphatic heterocycles. The van der Waals surface area contributed by atoms with E-state index in [4.69, 9.17) is 9.47 Å². The van der Waals surface area contributed by atoms with Gasteiger partial charge in [0, 0.05) is 5.57 Å². The molecule has 5 rings (SSSR count). The molecule has 3 fully saturated rings. The molecule has 6 atom stereocenters. The third kappa shape index (κ3) is 1.18. The highest BCUT2D eigenvalue weighted by atomic mass is 16.6. The molecule has 6 unspecified atom stereocenters. The maximum absolute atomic E-state index is 12.4. The molecule has 0 aromatic heterocycles. The molecule has 1 N–H and O–H groups in total. The number of esters is 2. The Bertz CT molecular complexity index is 524. The fraction of sp³-hybridized carbons (Fsp3) is 0.733. The molecule has 0 aromatic rings. The summed E-state index contributed by atoms with van der Waals surface area (Å²) in [4.78, 5) is 24.4. The van der Waals surface area contributed by atoms with Gasteiger partial charge in [0.05, 0.1) is 7.11 Å². The average molecular weight is 278 g/mol. The van der Waals surface area contributed by atoms with Crippen LogP contribution in [-0.2, 0) is 19.1 Å². The molecule has 4 aliphatic carbocycles. The molecule has 20 heavy (non-hydrogen) atoms. The zero-order chi connectivity index (χ0) is 14.1. The van der Waals surface area contributed by atoms with Gasteiger partial charge in [0.1, 0.15) is 17.6 Å². The van der Waals surface area contributed by atoms with Crippen molar-refractivity contribution in [2.45, 2.75) is 37.9 Å². The van der Waals surface area contributed by atoms with Gasteiger partial charge in [-0.05, 0) is 43.4 Å². The molecule has 5 aliphatic rings. The Balaban J connectivity index is 1.85. The van der Waals surface area contributed by atoms with Crippen LogP contribution >= 0.6 is 0 Å². The predicted molar refractivity (Wildman–Crippen MR) is 67.4 cm³/mol. The van der Waals surface area contributed by atoms with Crippen LogP contribution in [-0.4, -0.2) is 36.4 Å². The van der Waals surface area contributed by atoms with E-state index in [-0.39, 0.29) is 35.8 Å². The van der Waals surface area contributed by atoms with Gasteiger partial charge in [0.2, 0.25) is 0 Å². The number of ether oxygens (including phenoxy) is 2. The number of methoxy groups -OCH3 is 1. The van der Waals surface area contributed by atoms with E-state index in [2.05, 4.69) is 0 Å². The lowest BCUT2D eigenvalue weighted by Gasteiger charge is -2.54. The van der Waals surface area contributed by atoms with Crippen LogP contribution < -0.4 is 0 Å². The van der Waals surface area contributed by atoms with Crippen molar-refractivity contribution in [3.05, 3.63) is 11.6 Å². The Morgan fingerprint density at radius 3 is 2.95 bits per heavy atom. The van der Waals surface area contributed by atoms with Crippen LogP contribution in [0.5, 0.6) is 0 Å². The van der Waals surface area contributed by atoms with E-state index in [0.717, 1.165) is 19.3 Å². The second-order valence-electron chi connectivity index (χ2n) is 6.41. The van der Waals surface area contributed by atoms with Gasteiger partial charge in [0.25, 0.3) is 0 Å². The number of aliphatic hydroxyl groups is 1.